The molecule has 1 aliphatic carbocycles. The van der Waals surface area contributed by atoms with Crippen LogP contribution in [-0.2, 0) is 12.8 Å². The number of benzene rings is 1. The summed E-state index contributed by atoms with van der Waals surface area (Å²) >= 11 is 0. The second-order valence-corrected chi connectivity index (χ2v) is 5.24. The van der Waals surface area contributed by atoms with E-state index in [0.717, 1.165) is 13.0 Å². The Labute approximate surface area is 111 Å². The maximum Gasteiger partial charge on any atom is 0.0243 e. The Morgan fingerprint density at radius 1 is 1.39 bits per heavy atom. The highest BCUT2D eigenvalue weighted by molar-refractivity contribution is 5.30. The summed E-state index contributed by atoms with van der Waals surface area (Å²) in [4.78, 5) is 0. The van der Waals surface area contributed by atoms with Crippen molar-refractivity contribution in [1.82, 2.24) is 5.32 Å². The van der Waals surface area contributed by atoms with Gasteiger partial charge >= 0.3 is 0 Å². The lowest BCUT2D eigenvalue weighted by Gasteiger charge is -2.31. The predicted octanol–water partition coefficient (Wildman–Crippen LogP) is 3.18. The zero-order valence-electron chi connectivity index (χ0n) is 11.3. The average molecular weight is 241 g/mol. The normalized spacial score (nSPS) is 19.9. The van der Waals surface area contributed by atoms with E-state index < -0.39 is 0 Å². The number of rotatable bonds is 5. The van der Waals surface area contributed by atoms with Gasteiger partial charge in [0.25, 0.3) is 0 Å². The number of hydrogen-bond acceptors (Lipinski definition) is 1. The molecule has 2 atom stereocenters. The zero-order valence-corrected chi connectivity index (χ0v) is 11.3. The van der Waals surface area contributed by atoms with E-state index in [4.69, 9.17) is 6.42 Å². The Morgan fingerprint density at radius 3 is 2.89 bits per heavy atom. The molecule has 0 aromatic heterocycles. The molecule has 18 heavy (non-hydrogen) atoms. The van der Waals surface area contributed by atoms with Gasteiger partial charge in [-0.15, -0.1) is 12.3 Å². The molecular weight excluding hydrogens is 218 g/mol. The van der Waals surface area contributed by atoms with Gasteiger partial charge in [-0.05, 0) is 49.3 Å². The van der Waals surface area contributed by atoms with Gasteiger partial charge in [0.2, 0.25) is 0 Å². The molecule has 96 valence electrons. The molecular formula is C17H23N. The Balaban J connectivity index is 2.03. The third-order valence-electron chi connectivity index (χ3n) is 3.95. The Bertz CT molecular complexity index is 416. The van der Waals surface area contributed by atoms with E-state index in [9.17, 15) is 0 Å². The minimum atomic E-state index is 0.489. The molecule has 0 bridgehead atoms. The van der Waals surface area contributed by atoms with E-state index in [0.29, 0.717) is 12.0 Å². The molecule has 0 fully saturated rings. The smallest absolute Gasteiger partial charge is 0.0243 e. The van der Waals surface area contributed by atoms with E-state index in [-0.39, 0.29) is 0 Å². The fraction of sp³-hybridized carbons (Fsp3) is 0.529. The first-order chi connectivity index (χ1) is 8.85. The van der Waals surface area contributed by atoms with E-state index in [1.54, 1.807) is 0 Å². The fourth-order valence-electron chi connectivity index (χ4n) is 2.93. The third-order valence-corrected chi connectivity index (χ3v) is 3.95. The first kappa shape index (κ1) is 13.2. The van der Waals surface area contributed by atoms with Gasteiger partial charge in [0.15, 0.2) is 0 Å². The van der Waals surface area contributed by atoms with Gasteiger partial charge in [-0.25, -0.2) is 0 Å². The molecule has 1 aliphatic rings. The van der Waals surface area contributed by atoms with Gasteiger partial charge in [-0.1, -0.05) is 31.2 Å². The van der Waals surface area contributed by atoms with Gasteiger partial charge in [0.1, 0.15) is 0 Å². The van der Waals surface area contributed by atoms with Crippen LogP contribution in [0, 0.1) is 18.3 Å². The summed E-state index contributed by atoms with van der Waals surface area (Å²) < 4.78 is 0. The summed E-state index contributed by atoms with van der Waals surface area (Å²) in [5, 5.41) is 3.63. The van der Waals surface area contributed by atoms with Crippen molar-refractivity contribution in [3.05, 3.63) is 35.4 Å². The van der Waals surface area contributed by atoms with Crippen LogP contribution < -0.4 is 5.32 Å². The van der Waals surface area contributed by atoms with Crippen molar-refractivity contribution in [2.24, 2.45) is 5.92 Å². The minimum absolute atomic E-state index is 0.489. The molecule has 1 heteroatoms. The second-order valence-electron chi connectivity index (χ2n) is 5.24. The van der Waals surface area contributed by atoms with Gasteiger partial charge in [-0.3, -0.25) is 0 Å². The number of nitrogens with one attached hydrogen (secondary N) is 1. The zero-order chi connectivity index (χ0) is 12.8. The largest absolute Gasteiger partial charge is 0.313 e. The summed E-state index contributed by atoms with van der Waals surface area (Å²) in [6, 6.07) is 9.32. The lowest BCUT2D eigenvalue weighted by atomic mass is 9.79. The van der Waals surface area contributed by atoms with Crippen molar-refractivity contribution in [2.75, 3.05) is 6.54 Å². The molecule has 0 spiro atoms. The van der Waals surface area contributed by atoms with Crippen molar-refractivity contribution in [1.29, 1.82) is 0 Å². The van der Waals surface area contributed by atoms with Crippen molar-refractivity contribution in [2.45, 2.75) is 45.1 Å². The van der Waals surface area contributed by atoms with Crippen LogP contribution in [0.5, 0.6) is 0 Å². The molecule has 0 saturated carbocycles. The monoisotopic (exact) mass is 241 g/mol. The average Bonchev–Trinajstić information content (AvgIpc) is 2.43. The molecule has 0 aliphatic heterocycles. The molecule has 0 amide bonds. The minimum Gasteiger partial charge on any atom is -0.313 e. The lowest BCUT2D eigenvalue weighted by Crippen LogP contribution is -2.39. The molecule has 0 heterocycles. The molecule has 1 aromatic carbocycles. The molecule has 2 rings (SSSR count). The molecule has 1 N–H and O–H groups in total. The maximum atomic E-state index is 5.51. The molecule has 0 saturated heterocycles. The van der Waals surface area contributed by atoms with Crippen molar-refractivity contribution >= 4 is 0 Å². The molecule has 1 nitrogen and oxygen atoms in total. The first-order valence-electron chi connectivity index (χ1n) is 7.08. The standard InChI is InChI=1S/C17H23N/c1-3-7-17(18-12-4-2)16-11-10-14-8-5-6-9-15(14)13-16/h1,5-6,8-9,16-18H,4,7,10-13H2,2H3. The summed E-state index contributed by atoms with van der Waals surface area (Å²) in [7, 11) is 0. The summed E-state index contributed by atoms with van der Waals surface area (Å²) in [6.07, 6.45) is 11.2. The topological polar surface area (TPSA) is 12.0 Å². The Morgan fingerprint density at radius 2 is 2.17 bits per heavy atom. The number of hydrogen-bond donors (Lipinski definition) is 1. The highest BCUT2D eigenvalue weighted by Crippen LogP contribution is 2.28. The number of aryl methyl sites for hydroxylation is 1. The molecule has 1 aromatic rings. The first-order valence-corrected chi connectivity index (χ1v) is 7.08. The SMILES string of the molecule is C#CCC(NCCC)C1CCc2ccccc2C1. The van der Waals surface area contributed by atoms with Gasteiger partial charge in [0, 0.05) is 12.5 Å². The quantitative estimate of drug-likeness (QED) is 0.781. The van der Waals surface area contributed by atoms with Gasteiger partial charge < -0.3 is 5.32 Å². The predicted molar refractivity (Wildman–Crippen MR) is 77.5 cm³/mol. The van der Waals surface area contributed by atoms with Crippen molar-refractivity contribution < 1.29 is 0 Å². The van der Waals surface area contributed by atoms with Crippen LogP contribution in [0.25, 0.3) is 0 Å². The number of terminal acetylenes is 1. The molecule has 2 unspecified atom stereocenters. The van der Waals surface area contributed by atoms with Gasteiger partial charge in [0.05, 0.1) is 0 Å². The number of fused-ring (bicyclic) bond motifs is 1. The van der Waals surface area contributed by atoms with Crippen molar-refractivity contribution in [3.8, 4) is 12.3 Å². The second kappa shape index (κ2) is 6.61. The van der Waals surface area contributed by atoms with Crippen LogP contribution in [0.15, 0.2) is 24.3 Å². The van der Waals surface area contributed by atoms with Crippen molar-refractivity contribution in [3.63, 3.8) is 0 Å². The summed E-state index contributed by atoms with van der Waals surface area (Å²) in [6.45, 7) is 3.28. The highest BCUT2D eigenvalue weighted by atomic mass is 14.9. The van der Waals surface area contributed by atoms with Crippen LogP contribution in [0.1, 0.15) is 37.3 Å². The van der Waals surface area contributed by atoms with E-state index in [2.05, 4.69) is 42.4 Å². The third kappa shape index (κ3) is 3.15. The highest BCUT2D eigenvalue weighted by Gasteiger charge is 2.24. The van der Waals surface area contributed by atoms with Crippen LogP contribution in [0.2, 0.25) is 0 Å². The van der Waals surface area contributed by atoms with E-state index in [1.165, 1.54) is 36.8 Å². The lowest BCUT2D eigenvalue weighted by molar-refractivity contribution is 0.324. The molecule has 0 radical (unpaired) electrons. The van der Waals surface area contributed by atoms with Crippen LogP contribution in [0.4, 0.5) is 0 Å². The van der Waals surface area contributed by atoms with E-state index >= 15 is 0 Å². The fourth-order valence-corrected chi connectivity index (χ4v) is 2.93. The van der Waals surface area contributed by atoms with Crippen LogP contribution >= 0.6 is 0 Å². The Hall–Kier alpha value is -1.26. The van der Waals surface area contributed by atoms with Crippen LogP contribution in [0.3, 0.4) is 0 Å². The summed E-state index contributed by atoms with van der Waals surface area (Å²) in [5.74, 6) is 3.53. The maximum absolute atomic E-state index is 5.51. The van der Waals surface area contributed by atoms with E-state index in [1.807, 2.05) is 0 Å². The van der Waals surface area contributed by atoms with Crippen LogP contribution in [-0.4, -0.2) is 12.6 Å². The van der Waals surface area contributed by atoms with Gasteiger partial charge in [-0.2, -0.15) is 0 Å². The summed E-state index contributed by atoms with van der Waals surface area (Å²) in [5.41, 5.74) is 3.05. The Kier molecular flexibility index (Phi) is 4.84.